The van der Waals surface area contributed by atoms with Gasteiger partial charge in [0.05, 0.1) is 6.33 Å². The molecule has 96 valence electrons. The van der Waals surface area contributed by atoms with Gasteiger partial charge in [0.1, 0.15) is 5.52 Å². The molecule has 0 atom stereocenters. The first kappa shape index (κ1) is 12.2. The number of hydrogen-bond donors (Lipinski definition) is 3. The summed E-state index contributed by atoms with van der Waals surface area (Å²) in [5.74, 6) is 0.865. The van der Waals surface area contributed by atoms with E-state index in [9.17, 15) is 0 Å². The lowest BCUT2D eigenvalue weighted by Crippen LogP contribution is -2.06. The quantitative estimate of drug-likeness (QED) is 0.618. The van der Waals surface area contributed by atoms with Gasteiger partial charge < -0.3 is 16.0 Å². The normalized spacial score (nSPS) is 10.8. The molecular formula is C12H11IN6. The molecule has 7 heteroatoms. The summed E-state index contributed by atoms with van der Waals surface area (Å²) in [6.45, 7) is 0.649. The summed E-state index contributed by atoms with van der Waals surface area (Å²) < 4.78 is 1.20. The Bertz CT molecular complexity index is 723. The van der Waals surface area contributed by atoms with Crippen molar-refractivity contribution in [2.75, 3.05) is 11.1 Å². The van der Waals surface area contributed by atoms with E-state index in [1.807, 2.05) is 12.1 Å². The van der Waals surface area contributed by atoms with Crippen molar-refractivity contribution in [3.05, 3.63) is 39.7 Å². The molecule has 1 aromatic carbocycles. The van der Waals surface area contributed by atoms with E-state index in [2.05, 4.69) is 60.0 Å². The predicted molar refractivity (Wildman–Crippen MR) is 82.6 cm³/mol. The number of hydrogen-bond acceptors (Lipinski definition) is 5. The molecular weight excluding hydrogens is 355 g/mol. The highest BCUT2D eigenvalue weighted by Crippen LogP contribution is 2.16. The molecule has 0 saturated carbocycles. The largest absolute Gasteiger partial charge is 0.382 e. The number of aromatic nitrogens is 4. The minimum atomic E-state index is 0.372. The van der Waals surface area contributed by atoms with Crippen LogP contribution in [0.2, 0.25) is 0 Å². The van der Waals surface area contributed by atoms with Crippen LogP contribution in [0.15, 0.2) is 30.6 Å². The minimum Gasteiger partial charge on any atom is -0.382 e. The molecule has 2 heterocycles. The fourth-order valence-corrected chi connectivity index (χ4v) is 2.37. The van der Waals surface area contributed by atoms with Gasteiger partial charge in [0, 0.05) is 10.1 Å². The van der Waals surface area contributed by atoms with Crippen molar-refractivity contribution in [2.24, 2.45) is 0 Å². The number of fused-ring (bicyclic) bond motifs is 1. The van der Waals surface area contributed by atoms with Gasteiger partial charge in [-0.05, 0) is 40.3 Å². The summed E-state index contributed by atoms with van der Waals surface area (Å²) in [5.41, 5.74) is 8.22. The van der Waals surface area contributed by atoms with Gasteiger partial charge >= 0.3 is 0 Å². The maximum Gasteiger partial charge on any atom is 0.227 e. The van der Waals surface area contributed by atoms with Crippen molar-refractivity contribution in [1.82, 2.24) is 19.9 Å². The van der Waals surface area contributed by atoms with E-state index in [1.54, 1.807) is 6.33 Å². The lowest BCUT2D eigenvalue weighted by Gasteiger charge is -2.06. The number of benzene rings is 1. The standard InChI is InChI=1S/C12H11IN6/c13-8-3-1-2-7(4-8)5-15-12-18-10(14)9-11(19-12)17-6-16-9/h1-4,6H,5H2,(H4,14,15,16,17,18,19). The highest BCUT2D eigenvalue weighted by molar-refractivity contribution is 14.1. The number of imidazole rings is 1. The molecule has 19 heavy (non-hydrogen) atoms. The first-order chi connectivity index (χ1) is 9.22. The van der Waals surface area contributed by atoms with Crippen molar-refractivity contribution in [3.63, 3.8) is 0 Å². The van der Waals surface area contributed by atoms with Crippen LogP contribution in [0.5, 0.6) is 0 Å². The van der Waals surface area contributed by atoms with Gasteiger partial charge in [0.25, 0.3) is 0 Å². The highest BCUT2D eigenvalue weighted by atomic mass is 127. The number of nitrogens with zero attached hydrogens (tertiary/aromatic N) is 3. The molecule has 0 aliphatic rings. The molecule has 0 radical (unpaired) electrons. The monoisotopic (exact) mass is 366 g/mol. The molecule has 3 aromatic rings. The summed E-state index contributed by atoms with van der Waals surface area (Å²) in [4.78, 5) is 15.5. The number of nitrogen functional groups attached to an aromatic ring is 1. The SMILES string of the molecule is Nc1nc(NCc2cccc(I)c2)nc2[nH]cnc12. The van der Waals surface area contributed by atoms with Gasteiger partial charge in [-0.3, -0.25) is 0 Å². The number of nitrogens with two attached hydrogens (primary N) is 1. The van der Waals surface area contributed by atoms with Crippen molar-refractivity contribution in [1.29, 1.82) is 0 Å². The van der Waals surface area contributed by atoms with Crippen LogP contribution in [-0.4, -0.2) is 19.9 Å². The number of rotatable bonds is 3. The third-order valence-corrected chi connectivity index (χ3v) is 3.32. The van der Waals surface area contributed by atoms with Crippen molar-refractivity contribution in [2.45, 2.75) is 6.54 Å². The van der Waals surface area contributed by atoms with Crippen molar-refractivity contribution >= 4 is 45.5 Å². The summed E-state index contributed by atoms with van der Waals surface area (Å²) in [6.07, 6.45) is 1.55. The van der Waals surface area contributed by atoms with Crippen molar-refractivity contribution < 1.29 is 0 Å². The number of H-pyrrole nitrogens is 1. The fraction of sp³-hybridized carbons (Fsp3) is 0.0833. The number of halogens is 1. The Balaban J connectivity index is 1.81. The molecule has 3 rings (SSSR count). The lowest BCUT2D eigenvalue weighted by atomic mass is 10.2. The van der Waals surface area contributed by atoms with E-state index >= 15 is 0 Å². The molecule has 0 unspecified atom stereocenters. The Morgan fingerprint density at radius 3 is 3.05 bits per heavy atom. The average molecular weight is 366 g/mol. The highest BCUT2D eigenvalue weighted by Gasteiger charge is 2.06. The lowest BCUT2D eigenvalue weighted by molar-refractivity contribution is 1.07. The van der Waals surface area contributed by atoms with Crippen LogP contribution in [0.3, 0.4) is 0 Å². The Morgan fingerprint density at radius 1 is 1.32 bits per heavy atom. The van der Waals surface area contributed by atoms with Gasteiger partial charge in [-0.25, -0.2) is 4.98 Å². The molecule has 0 fully saturated rings. The third-order valence-electron chi connectivity index (χ3n) is 2.65. The first-order valence-electron chi connectivity index (χ1n) is 5.67. The third kappa shape index (κ3) is 2.60. The van der Waals surface area contributed by atoms with Crippen LogP contribution >= 0.6 is 22.6 Å². The molecule has 0 aliphatic heterocycles. The first-order valence-corrected chi connectivity index (χ1v) is 6.75. The van der Waals surface area contributed by atoms with Crippen LogP contribution in [0.1, 0.15) is 5.56 Å². The maximum absolute atomic E-state index is 5.82. The van der Waals surface area contributed by atoms with E-state index in [-0.39, 0.29) is 0 Å². The summed E-state index contributed by atoms with van der Waals surface area (Å²) in [6, 6.07) is 8.22. The van der Waals surface area contributed by atoms with E-state index < -0.39 is 0 Å². The van der Waals surface area contributed by atoms with E-state index in [0.29, 0.717) is 29.5 Å². The zero-order valence-electron chi connectivity index (χ0n) is 9.89. The Morgan fingerprint density at radius 2 is 2.21 bits per heavy atom. The zero-order valence-corrected chi connectivity index (χ0v) is 12.0. The van der Waals surface area contributed by atoms with Gasteiger partial charge in [0.2, 0.25) is 5.95 Å². The Kier molecular flexibility index (Phi) is 3.20. The Hall–Kier alpha value is -1.90. The van der Waals surface area contributed by atoms with E-state index in [0.717, 1.165) is 0 Å². The molecule has 0 spiro atoms. The Labute approximate surface area is 123 Å². The molecule has 0 bridgehead atoms. The second-order valence-electron chi connectivity index (χ2n) is 4.02. The number of nitrogens with one attached hydrogen (secondary N) is 2. The van der Waals surface area contributed by atoms with Crippen LogP contribution in [-0.2, 0) is 6.54 Å². The molecule has 0 amide bonds. The number of anilines is 2. The minimum absolute atomic E-state index is 0.372. The summed E-state index contributed by atoms with van der Waals surface area (Å²) >= 11 is 2.28. The van der Waals surface area contributed by atoms with Crippen LogP contribution in [0, 0.1) is 3.57 Å². The maximum atomic E-state index is 5.82. The van der Waals surface area contributed by atoms with Crippen molar-refractivity contribution in [3.8, 4) is 0 Å². The van der Waals surface area contributed by atoms with Gasteiger partial charge in [-0.15, -0.1) is 0 Å². The van der Waals surface area contributed by atoms with Crippen LogP contribution in [0.25, 0.3) is 11.2 Å². The summed E-state index contributed by atoms with van der Waals surface area (Å²) in [5, 5.41) is 3.16. The fourth-order valence-electron chi connectivity index (χ4n) is 1.77. The second-order valence-corrected chi connectivity index (χ2v) is 5.26. The number of aromatic amines is 1. The second kappa shape index (κ2) is 5.00. The average Bonchev–Trinajstić information content (AvgIpc) is 2.85. The summed E-state index contributed by atoms with van der Waals surface area (Å²) in [7, 11) is 0. The van der Waals surface area contributed by atoms with E-state index in [1.165, 1.54) is 9.13 Å². The molecule has 4 N–H and O–H groups in total. The zero-order chi connectivity index (χ0) is 13.2. The van der Waals surface area contributed by atoms with Gasteiger partial charge in [-0.2, -0.15) is 9.97 Å². The smallest absolute Gasteiger partial charge is 0.227 e. The van der Waals surface area contributed by atoms with Gasteiger partial charge in [0.15, 0.2) is 11.5 Å². The molecule has 6 nitrogen and oxygen atoms in total. The van der Waals surface area contributed by atoms with Crippen LogP contribution in [0.4, 0.5) is 11.8 Å². The molecule has 0 aliphatic carbocycles. The predicted octanol–water partition coefficient (Wildman–Crippen LogP) is 2.15. The van der Waals surface area contributed by atoms with E-state index in [4.69, 9.17) is 5.73 Å². The van der Waals surface area contributed by atoms with Gasteiger partial charge in [-0.1, -0.05) is 12.1 Å². The molecule has 0 saturated heterocycles. The topological polar surface area (TPSA) is 92.5 Å². The van der Waals surface area contributed by atoms with Crippen LogP contribution < -0.4 is 11.1 Å². The molecule has 2 aromatic heterocycles.